The summed E-state index contributed by atoms with van der Waals surface area (Å²) in [5, 5.41) is 12.1. The van der Waals surface area contributed by atoms with Gasteiger partial charge in [-0.05, 0) is 36.0 Å². The summed E-state index contributed by atoms with van der Waals surface area (Å²) in [5.74, 6) is -0.170. The van der Waals surface area contributed by atoms with E-state index in [-0.39, 0.29) is 42.3 Å². The topological polar surface area (TPSA) is 69.6 Å². The summed E-state index contributed by atoms with van der Waals surface area (Å²) in [7, 11) is 0. The minimum atomic E-state index is -0.236. The standard InChI is InChI=1S/C20H30N2O3/c1-5-17-15(13-23)10-11-22(17)18(24)12-21-19(25)14-6-8-16(9-7-14)20(2,3)4/h6-9,15,17,23H,5,10-13H2,1-4H3,(H,21,25)/t15-,17-/m0/s1. The molecule has 0 spiro atoms. The van der Waals surface area contributed by atoms with Crippen molar-refractivity contribution in [1.82, 2.24) is 10.2 Å². The predicted molar refractivity (Wildman–Crippen MR) is 98.5 cm³/mol. The number of likely N-dealkylation sites (tertiary alicyclic amines) is 1. The molecular formula is C20H30N2O3. The molecule has 1 fully saturated rings. The number of amides is 2. The number of carbonyl (C=O) groups is 2. The van der Waals surface area contributed by atoms with E-state index in [0.717, 1.165) is 18.4 Å². The number of hydrogen-bond acceptors (Lipinski definition) is 3. The predicted octanol–water partition coefficient (Wildman–Crippen LogP) is 2.33. The number of hydrogen-bond donors (Lipinski definition) is 2. The number of carbonyl (C=O) groups excluding carboxylic acids is 2. The second-order valence-electron chi connectivity index (χ2n) is 7.80. The largest absolute Gasteiger partial charge is 0.396 e. The first-order valence-electron chi connectivity index (χ1n) is 9.07. The highest BCUT2D eigenvalue weighted by atomic mass is 16.3. The van der Waals surface area contributed by atoms with Gasteiger partial charge in [-0.2, -0.15) is 0 Å². The summed E-state index contributed by atoms with van der Waals surface area (Å²) in [6.07, 6.45) is 1.64. The molecule has 0 aromatic heterocycles. The van der Waals surface area contributed by atoms with Crippen molar-refractivity contribution in [2.24, 2.45) is 5.92 Å². The Balaban J connectivity index is 1.92. The lowest BCUT2D eigenvalue weighted by Crippen LogP contribution is -2.44. The number of rotatable bonds is 5. The van der Waals surface area contributed by atoms with Crippen molar-refractivity contribution >= 4 is 11.8 Å². The zero-order valence-corrected chi connectivity index (χ0v) is 15.7. The lowest BCUT2D eigenvalue weighted by Gasteiger charge is -2.26. The van der Waals surface area contributed by atoms with E-state index in [4.69, 9.17) is 0 Å². The molecule has 1 aromatic carbocycles. The van der Waals surface area contributed by atoms with Crippen molar-refractivity contribution in [2.75, 3.05) is 19.7 Å². The van der Waals surface area contributed by atoms with E-state index in [1.165, 1.54) is 0 Å². The molecule has 0 aliphatic carbocycles. The molecule has 0 radical (unpaired) electrons. The van der Waals surface area contributed by atoms with Gasteiger partial charge in [0.05, 0.1) is 6.54 Å². The molecule has 0 saturated carbocycles. The van der Waals surface area contributed by atoms with Crippen LogP contribution < -0.4 is 5.32 Å². The van der Waals surface area contributed by atoms with Gasteiger partial charge in [0, 0.05) is 30.7 Å². The van der Waals surface area contributed by atoms with Gasteiger partial charge in [-0.3, -0.25) is 9.59 Å². The third-order valence-corrected chi connectivity index (χ3v) is 5.07. The van der Waals surface area contributed by atoms with Gasteiger partial charge >= 0.3 is 0 Å². The molecule has 1 aromatic rings. The van der Waals surface area contributed by atoms with Crippen LogP contribution in [0.5, 0.6) is 0 Å². The number of nitrogens with one attached hydrogen (secondary N) is 1. The Morgan fingerprint density at radius 1 is 1.24 bits per heavy atom. The zero-order chi connectivity index (χ0) is 18.6. The minimum Gasteiger partial charge on any atom is -0.396 e. The summed E-state index contributed by atoms with van der Waals surface area (Å²) in [6, 6.07) is 7.58. The zero-order valence-electron chi connectivity index (χ0n) is 15.7. The van der Waals surface area contributed by atoms with E-state index in [2.05, 4.69) is 26.1 Å². The third kappa shape index (κ3) is 4.60. The van der Waals surface area contributed by atoms with E-state index in [1.54, 1.807) is 17.0 Å². The molecule has 5 nitrogen and oxygen atoms in total. The normalized spacial score (nSPS) is 20.6. The molecule has 1 saturated heterocycles. The summed E-state index contributed by atoms with van der Waals surface area (Å²) in [5.41, 5.74) is 1.76. The number of nitrogens with zero attached hydrogens (tertiary/aromatic N) is 1. The summed E-state index contributed by atoms with van der Waals surface area (Å²) >= 11 is 0. The molecule has 1 aliphatic rings. The summed E-state index contributed by atoms with van der Waals surface area (Å²) in [4.78, 5) is 26.5. The Hall–Kier alpha value is -1.88. The lowest BCUT2D eigenvalue weighted by molar-refractivity contribution is -0.131. The van der Waals surface area contributed by atoms with E-state index in [1.807, 2.05) is 19.1 Å². The lowest BCUT2D eigenvalue weighted by atomic mass is 9.87. The van der Waals surface area contributed by atoms with Crippen LogP contribution in [0.15, 0.2) is 24.3 Å². The second-order valence-corrected chi connectivity index (χ2v) is 7.80. The highest BCUT2D eigenvalue weighted by molar-refractivity contribution is 5.96. The first-order chi connectivity index (χ1) is 11.8. The summed E-state index contributed by atoms with van der Waals surface area (Å²) < 4.78 is 0. The summed E-state index contributed by atoms with van der Waals surface area (Å²) in [6.45, 7) is 9.15. The smallest absolute Gasteiger partial charge is 0.251 e. The quantitative estimate of drug-likeness (QED) is 0.860. The van der Waals surface area contributed by atoms with Gasteiger partial charge in [-0.25, -0.2) is 0 Å². The van der Waals surface area contributed by atoms with Crippen LogP contribution in [-0.2, 0) is 10.2 Å². The molecule has 2 atom stereocenters. The van der Waals surface area contributed by atoms with Gasteiger partial charge < -0.3 is 15.3 Å². The van der Waals surface area contributed by atoms with Crippen LogP contribution in [0.1, 0.15) is 56.5 Å². The Bertz CT molecular complexity index is 604. The molecule has 0 bridgehead atoms. The molecule has 2 amide bonds. The fraction of sp³-hybridized carbons (Fsp3) is 0.600. The molecule has 25 heavy (non-hydrogen) atoms. The number of aliphatic hydroxyl groups is 1. The molecule has 5 heteroatoms. The molecule has 0 unspecified atom stereocenters. The molecule has 2 rings (SSSR count). The van der Waals surface area contributed by atoms with Gasteiger partial charge in [-0.1, -0.05) is 39.8 Å². The van der Waals surface area contributed by atoms with Crippen molar-refractivity contribution < 1.29 is 14.7 Å². The monoisotopic (exact) mass is 346 g/mol. The van der Waals surface area contributed by atoms with Crippen LogP contribution in [-0.4, -0.2) is 47.6 Å². The van der Waals surface area contributed by atoms with Gasteiger partial charge in [0.15, 0.2) is 0 Å². The van der Waals surface area contributed by atoms with Gasteiger partial charge in [0.1, 0.15) is 0 Å². The SMILES string of the molecule is CC[C@H]1[C@H](CO)CCN1C(=O)CNC(=O)c1ccc(C(C)(C)C)cc1. The van der Waals surface area contributed by atoms with Crippen LogP contribution in [0.4, 0.5) is 0 Å². The highest BCUT2D eigenvalue weighted by Crippen LogP contribution is 2.26. The average Bonchev–Trinajstić information content (AvgIpc) is 3.01. The minimum absolute atomic E-state index is 0.00545. The average molecular weight is 346 g/mol. The molecule has 1 heterocycles. The van der Waals surface area contributed by atoms with Crippen LogP contribution in [0.25, 0.3) is 0 Å². The fourth-order valence-electron chi connectivity index (χ4n) is 3.48. The maximum Gasteiger partial charge on any atom is 0.251 e. The molecule has 2 N–H and O–H groups in total. The van der Waals surface area contributed by atoms with E-state index >= 15 is 0 Å². The Morgan fingerprint density at radius 2 is 1.88 bits per heavy atom. The highest BCUT2D eigenvalue weighted by Gasteiger charge is 2.35. The van der Waals surface area contributed by atoms with Crippen LogP contribution in [0.2, 0.25) is 0 Å². The van der Waals surface area contributed by atoms with Crippen molar-refractivity contribution in [1.29, 1.82) is 0 Å². The first-order valence-corrected chi connectivity index (χ1v) is 9.07. The maximum absolute atomic E-state index is 12.4. The molecule has 138 valence electrons. The number of benzene rings is 1. The fourth-order valence-corrected chi connectivity index (χ4v) is 3.48. The first kappa shape index (κ1) is 19.4. The Kier molecular flexibility index (Phi) is 6.22. The van der Waals surface area contributed by atoms with Crippen LogP contribution in [0, 0.1) is 5.92 Å². The Morgan fingerprint density at radius 3 is 2.40 bits per heavy atom. The van der Waals surface area contributed by atoms with E-state index < -0.39 is 0 Å². The Labute approximate surface area is 150 Å². The number of aliphatic hydroxyl groups excluding tert-OH is 1. The van der Waals surface area contributed by atoms with Gasteiger partial charge in [0.2, 0.25) is 5.91 Å². The van der Waals surface area contributed by atoms with Gasteiger partial charge in [-0.15, -0.1) is 0 Å². The maximum atomic E-state index is 12.4. The van der Waals surface area contributed by atoms with Crippen molar-refractivity contribution in [3.63, 3.8) is 0 Å². The van der Waals surface area contributed by atoms with Crippen LogP contribution in [0.3, 0.4) is 0 Å². The molecular weight excluding hydrogens is 316 g/mol. The van der Waals surface area contributed by atoms with Crippen LogP contribution >= 0.6 is 0 Å². The third-order valence-electron chi connectivity index (χ3n) is 5.07. The molecule has 1 aliphatic heterocycles. The second kappa shape index (κ2) is 8.00. The van der Waals surface area contributed by atoms with E-state index in [9.17, 15) is 14.7 Å². The van der Waals surface area contributed by atoms with E-state index in [0.29, 0.717) is 12.1 Å². The van der Waals surface area contributed by atoms with Gasteiger partial charge in [0.25, 0.3) is 5.91 Å². The van der Waals surface area contributed by atoms with Crippen molar-refractivity contribution in [3.05, 3.63) is 35.4 Å². The van der Waals surface area contributed by atoms with Crippen molar-refractivity contribution in [2.45, 2.75) is 52.0 Å². The van der Waals surface area contributed by atoms with Crippen molar-refractivity contribution in [3.8, 4) is 0 Å².